The molecule has 0 fully saturated rings. The smallest absolute Gasteiger partial charge is 0.257 e. The number of nitrogens with zero attached hydrogens (tertiary/aromatic N) is 2. The van der Waals surface area contributed by atoms with Gasteiger partial charge in [-0.15, -0.1) is 0 Å². The molecule has 5 heteroatoms. The summed E-state index contributed by atoms with van der Waals surface area (Å²) >= 11 is 0. The molecule has 0 saturated heterocycles. The Bertz CT molecular complexity index is 712. The predicted octanol–water partition coefficient (Wildman–Crippen LogP) is 3.42. The zero-order valence-corrected chi connectivity index (χ0v) is 14.9. The molecular weight excluding hydrogens is 316 g/mol. The quantitative estimate of drug-likeness (QED) is 0.776. The highest BCUT2D eigenvalue weighted by molar-refractivity contribution is 5.98. The molecular formula is C20H24N2O3. The van der Waals surface area contributed by atoms with Crippen molar-refractivity contribution < 1.29 is 14.3 Å². The van der Waals surface area contributed by atoms with Gasteiger partial charge in [0, 0.05) is 20.1 Å². The van der Waals surface area contributed by atoms with Gasteiger partial charge < -0.3 is 14.5 Å². The van der Waals surface area contributed by atoms with Crippen molar-refractivity contribution in [2.24, 2.45) is 0 Å². The normalized spacial score (nSPS) is 10.2. The number of carbonyl (C=O) groups is 2. The topological polar surface area (TPSA) is 49.9 Å². The summed E-state index contributed by atoms with van der Waals surface area (Å²) in [5.74, 6) is 0.819. The number of ether oxygens (including phenoxy) is 1. The Morgan fingerprint density at radius 3 is 2.16 bits per heavy atom. The Balaban J connectivity index is 2.15. The summed E-state index contributed by atoms with van der Waals surface area (Å²) in [5, 5.41) is 0. The lowest BCUT2D eigenvalue weighted by atomic mass is 10.1. The van der Waals surface area contributed by atoms with Crippen molar-refractivity contribution in [3.63, 3.8) is 0 Å². The largest absolute Gasteiger partial charge is 0.457 e. The molecule has 0 bridgehead atoms. The monoisotopic (exact) mass is 340 g/mol. The Labute approximate surface area is 148 Å². The van der Waals surface area contributed by atoms with E-state index >= 15 is 0 Å². The Morgan fingerprint density at radius 1 is 0.920 bits per heavy atom. The number of likely N-dealkylation sites (N-methyl/N-ethyl adjacent to an activating group) is 2. The molecule has 0 aliphatic heterocycles. The van der Waals surface area contributed by atoms with E-state index in [1.807, 2.05) is 50.2 Å². The summed E-state index contributed by atoms with van der Waals surface area (Å²) in [7, 11) is 1.63. The van der Waals surface area contributed by atoms with Gasteiger partial charge in [-0.1, -0.05) is 30.3 Å². The molecule has 2 rings (SSSR count). The number of benzene rings is 2. The van der Waals surface area contributed by atoms with Gasteiger partial charge in [-0.2, -0.15) is 0 Å². The maximum absolute atomic E-state index is 12.8. The third kappa shape index (κ3) is 4.83. The number of hydrogen-bond acceptors (Lipinski definition) is 3. The second-order valence-corrected chi connectivity index (χ2v) is 5.64. The first-order chi connectivity index (χ1) is 12.1. The lowest BCUT2D eigenvalue weighted by Crippen LogP contribution is -2.41. The van der Waals surface area contributed by atoms with Crippen LogP contribution >= 0.6 is 0 Å². The molecule has 0 unspecified atom stereocenters. The summed E-state index contributed by atoms with van der Waals surface area (Å²) in [6.45, 7) is 5.15. The second kappa shape index (κ2) is 8.87. The molecule has 0 saturated carbocycles. The van der Waals surface area contributed by atoms with Gasteiger partial charge in [0.25, 0.3) is 5.91 Å². The molecule has 2 aromatic carbocycles. The minimum atomic E-state index is -0.243. The first kappa shape index (κ1) is 18.5. The van der Waals surface area contributed by atoms with Crippen LogP contribution in [0, 0.1) is 0 Å². The van der Waals surface area contributed by atoms with Gasteiger partial charge in [-0.25, -0.2) is 0 Å². The number of amides is 2. The van der Waals surface area contributed by atoms with Gasteiger partial charge >= 0.3 is 0 Å². The third-order valence-corrected chi connectivity index (χ3v) is 3.92. The van der Waals surface area contributed by atoms with Gasteiger partial charge in [0.2, 0.25) is 5.91 Å². The van der Waals surface area contributed by atoms with Crippen molar-refractivity contribution in [3.8, 4) is 11.5 Å². The van der Waals surface area contributed by atoms with Crippen LogP contribution in [-0.4, -0.2) is 48.3 Å². The van der Waals surface area contributed by atoms with Crippen LogP contribution in [0.15, 0.2) is 54.6 Å². The van der Waals surface area contributed by atoms with E-state index in [1.54, 1.807) is 30.1 Å². The molecule has 0 spiro atoms. The van der Waals surface area contributed by atoms with Crippen LogP contribution < -0.4 is 4.74 Å². The SMILES string of the molecule is CCN(CC)C(=O)CN(C)C(=O)c1ccccc1Oc1ccccc1. The lowest BCUT2D eigenvalue weighted by molar-refractivity contribution is -0.131. The molecule has 2 aromatic rings. The van der Waals surface area contributed by atoms with Crippen molar-refractivity contribution >= 4 is 11.8 Å². The van der Waals surface area contributed by atoms with Crippen molar-refractivity contribution in [2.45, 2.75) is 13.8 Å². The van der Waals surface area contributed by atoms with Crippen LogP contribution in [0.5, 0.6) is 11.5 Å². The average molecular weight is 340 g/mol. The maximum Gasteiger partial charge on any atom is 0.257 e. The van der Waals surface area contributed by atoms with Crippen LogP contribution in [0.4, 0.5) is 0 Å². The van der Waals surface area contributed by atoms with E-state index in [0.29, 0.717) is 30.2 Å². The Morgan fingerprint density at radius 2 is 1.52 bits per heavy atom. The van der Waals surface area contributed by atoms with E-state index in [2.05, 4.69) is 0 Å². The fraction of sp³-hybridized carbons (Fsp3) is 0.300. The molecule has 0 N–H and O–H groups in total. The first-order valence-corrected chi connectivity index (χ1v) is 8.42. The minimum absolute atomic E-state index is 0.0418. The number of para-hydroxylation sites is 2. The summed E-state index contributed by atoms with van der Waals surface area (Å²) in [5.41, 5.74) is 0.432. The Kier molecular flexibility index (Phi) is 6.57. The van der Waals surface area contributed by atoms with E-state index in [9.17, 15) is 9.59 Å². The standard InChI is InChI=1S/C20H24N2O3/c1-4-22(5-2)19(23)15-21(3)20(24)17-13-9-10-14-18(17)25-16-11-7-6-8-12-16/h6-14H,4-5,15H2,1-3H3. The van der Waals surface area contributed by atoms with Gasteiger partial charge in [-0.05, 0) is 38.1 Å². The van der Waals surface area contributed by atoms with Crippen molar-refractivity contribution in [1.29, 1.82) is 0 Å². The highest BCUT2D eigenvalue weighted by Crippen LogP contribution is 2.25. The van der Waals surface area contributed by atoms with Gasteiger partial charge in [0.05, 0.1) is 12.1 Å². The molecule has 0 heterocycles. The van der Waals surface area contributed by atoms with Crippen LogP contribution in [0.2, 0.25) is 0 Å². The molecule has 5 nitrogen and oxygen atoms in total. The van der Waals surface area contributed by atoms with Gasteiger partial charge in [-0.3, -0.25) is 9.59 Å². The molecule has 0 aliphatic carbocycles. The van der Waals surface area contributed by atoms with Crippen LogP contribution in [0.3, 0.4) is 0 Å². The average Bonchev–Trinajstić information content (AvgIpc) is 2.63. The summed E-state index contributed by atoms with van der Waals surface area (Å²) < 4.78 is 5.83. The third-order valence-electron chi connectivity index (χ3n) is 3.92. The van der Waals surface area contributed by atoms with Gasteiger partial charge in [0.1, 0.15) is 11.5 Å². The van der Waals surface area contributed by atoms with Crippen LogP contribution in [0.1, 0.15) is 24.2 Å². The summed E-state index contributed by atoms with van der Waals surface area (Å²) in [4.78, 5) is 28.1. The van der Waals surface area contributed by atoms with Crippen LogP contribution in [-0.2, 0) is 4.79 Å². The number of carbonyl (C=O) groups excluding carboxylic acids is 2. The fourth-order valence-corrected chi connectivity index (χ4v) is 2.50. The van der Waals surface area contributed by atoms with Crippen molar-refractivity contribution in [3.05, 3.63) is 60.2 Å². The van der Waals surface area contributed by atoms with Crippen molar-refractivity contribution in [1.82, 2.24) is 9.80 Å². The molecule has 2 amide bonds. The molecule has 132 valence electrons. The van der Waals surface area contributed by atoms with E-state index in [0.717, 1.165) is 0 Å². The molecule has 0 radical (unpaired) electrons. The number of hydrogen-bond donors (Lipinski definition) is 0. The van der Waals surface area contributed by atoms with E-state index in [-0.39, 0.29) is 18.4 Å². The summed E-state index contributed by atoms with van der Waals surface area (Å²) in [6, 6.07) is 16.4. The van der Waals surface area contributed by atoms with Gasteiger partial charge in [0.15, 0.2) is 0 Å². The molecule has 0 aliphatic rings. The molecule has 25 heavy (non-hydrogen) atoms. The van der Waals surface area contributed by atoms with E-state index < -0.39 is 0 Å². The van der Waals surface area contributed by atoms with E-state index in [1.165, 1.54) is 4.90 Å². The highest BCUT2D eigenvalue weighted by Gasteiger charge is 2.20. The first-order valence-electron chi connectivity index (χ1n) is 8.42. The zero-order valence-electron chi connectivity index (χ0n) is 14.9. The van der Waals surface area contributed by atoms with E-state index in [4.69, 9.17) is 4.74 Å². The summed E-state index contributed by atoms with van der Waals surface area (Å²) in [6.07, 6.45) is 0. The van der Waals surface area contributed by atoms with Crippen LogP contribution in [0.25, 0.3) is 0 Å². The fourth-order valence-electron chi connectivity index (χ4n) is 2.50. The highest BCUT2D eigenvalue weighted by atomic mass is 16.5. The predicted molar refractivity (Wildman–Crippen MR) is 97.8 cm³/mol. The number of rotatable bonds is 7. The van der Waals surface area contributed by atoms with Crippen molar-refractivity contribution in [2.75, 3.05) is 26.7 Å². The molecule has 0 atom stereocenters. The lowest BCUT2D eigenvalue weighted by Gasteiger charge is -2.23. The second-order valence-electron chi connectivity index (χ2n) is 5.64. The maximum atomic E-state index is 12.8. The Hall–Kier alpha value is -2.82. The molecule has 0 aromatic heterocycles. The zero-order chi connectivity index (χ0) is 18.2. The minimum Gasteiger partial charge on any atom is -0.457 e.